The Hall–Kier alpha value is -0.510. The number of nitrogens with zero attached hydrogens (tertiary/aromatic N) is 1. The molecule has 1 rings (SSSR count). The van der Waals surface area contributed by atoms with Gasteiger partial charge in [-0.25, -0.2) is 0 Å². The summed E-state index contributed by atoms with van der Waals surface area (Å²) in [6, 6.07) is 2.26. The highest BCUT2D eigenvalue weighted by molar-refractivity contribution is 4.76. The van der Waals surface area contributed by atoms with Gasteiger partial charge in [0.2, 0.25) is 0 Å². The zero-order valence-corrected chi connectivity index (χ0v) is 10.1. The van der Waals surface area contributed by atoms with Gasteiger partial charge in [-0.1, -0.05) is 52.9 Å². The van der Waals surface area contributed by atoms with E-state index in [9.17, 15) is 0 Å². The second-order valence-electron chi connectivity index (χ2n) is 4.21. The van der Waals surface area contributed by atoms with Gasteiger partial charge in [0.05, 0.1) is 6.07 Å². The zero-order valence-electron chi connectivity index (χ0n) is 10.1. The van der Waals surface area contributed by atoms with Crippen molar-refractivity contribution in [3.63, 3.8) is 0 Å². The molecule has 14 heavy (non-hydrogen) atoms. The van der Waals surface area contributed by atoms with Crippen molar-refractivity contribution in [2.45, 2.75) is 65.7 Å². The average molecular weight is 195 g/mol. The third kappa shape index (κ3) is 6.02. The molecule has 0 aromatic carbocycles. The van der Waals surface area contributed by atoms with Gasteiger partial charge in [-0.2, -0.15) is 5.26 Å². The Morgan fingerprint density at radius 3 is 2.29 bits per heavy atom. The molecule has 0 saturated heterocycles. The number of hydrogen-bond acceptors (Lipinski definition) is 1. The fourth-order valence-electron chi connectivity index (χ4n) is 2.23. The third-order valence-electron chi connectivity index (χ3n) is 2.90. The van der Waals surface area contributed by atoms with Crippen LogP contribution in [-0.2, 0) is 0 Å². The molecule has 0 aromatic heterocycles. The van der Waals surface area contributed by atoms with Crippen molar-refractivity contribution in [3.05, 3.63) is 0 Å². The van der Waals surface area contributed by atoms with Gasteiger partial charge in [-0.05, 0) is 18.3 Å². The molecule has 1 aliphatic rings. The lowest BCUT2D eigenvalue weighted by molar-refractivity contribution is 0.298. The minimum atomic E-state index is 0.623. The molecule has 0 radical (unpaired) electrons. The predicted molar refractivity (Wildman–Crippen MR) is 61.9 cm³/mol. The summed E-state index contributed by atoms with van der Waals surface area (Å²) in [6.07, 6.45) is 9.13. The van der Waals surface area contributed by atoms with Gasteiger partial charge in [0.1, 0.15) is 0 Å². The Morgan fingerprint density at radius 1 is 1.21 bits per heavy atom. The van der Waals surface area contributed by atoms with Gasteiger partial charge in [-0.15, -0.1) is 0 Å². The molecule has 1 fully saturated rings. The molecular weight excluding hydrogens is 170 g/mol. The van der Waals surface area contributed by atoms with Gasteiger partial charge < -0.3 is 0 Å². The first kappa shape index (κ1) is 13.5. The van der Waals surface area contributed by atoms with Crippen LogP contribution in [0.25, 0.3) is 0 Å². The largest absolute Gasteiger partial charge is 0.198 e. The molecule has 1 saturated carbocycles. The minimum Gasteiger partial charge on any atom is -0.198 e. The van der Waals surface area contributed by atoms with Gasteiger partial charge in [0.15, 0.2) is 0 Å². The molecule has 0 spiro atoms. The molecular formula is C13H25N. The van der Waals surface area contributed by atoms with E-state index >= 15 is 0 Å². The predicted octanol–water partition coefficient (Wildman–Crippen LogP) is 4.53. The van der Waals surface area contributed by atoms with Crippen molar-refractivity contribution in [1.29, 1.82) is 5.26 Å². The van der Waals surface area contributed by atoms with E-state index in [1.54, 1.807) is 0 Å². The highest BCUT2D eigenvalue weighted by Gasteiger charge is 2.15. The fourth-order valence-corrected chi connectivity index (χ4v) is 2.23. The molecule has 0 aliphatic heterocycles. The summed E-state index contributed by atoms with van der Waals surface area (Å²) in [5, 5.41) is 8.52. The third-order valence-corrected chi connectivity index (χ3v) is 2.90. The zero-order chi connectivity index (χ0) is 10.8. The molecule has 0 aromatic rings. The summed E-state index contributed by atoms with van der Waals surface area (Å²) in [5.41, 5.74) is 0. The molecule has 1 heteroatoms. The van der Waals surface area contributed by atoms with Crippen molar-refractivity contribution in [1.82, 2.24) is 0 Å². The molecule has 0 N–H and O–H groups in total. The number of hydrogen-bond donors (Lipinski definition) is 0. The maximum atomic E-state index is 8.52. The Labute approximate surface area is 89.5 Å². The Balaban J connectivity index is 0.000000791. The Kier molecular flexibility index (Phi) is 8.73. The van der Waals surface area contributed by atoms with Gasteiger partial charge in [0, 0.05) is 6.42 Å². The van der Waals surface area contributed by atoms with Crippen LogP contribution in [0.5, 0.6) is 0 Å². The molecule has 1 nitrogen and oxygen atoms in total. The SMILES string of the molecule is CC.CC(CC#N)CC1CCCCC1. The summed E-state index contributed by atoms with van der Waals surface area (Å²) >= 11 is 0. The Morgan fingerprint density at radius 2 is 1.79 bits per heavy atom. The standard InChI is InChI=1S/C11H19N.C2H6/c1-10(7-8-12)9-11-5-3-2-4-6-11;1-2/h10-11H,2-7,9H2,1H3;1-2H3. The van der Waals surface area contributed by atoms with Gasteiger partial charge in [-0.3, -0.25) is 0 Å². The van der Waals surface area contributed by atoms with E-state index in [-0.39, 0.29) is 0 Å². The van der Waals surface area contributed by atoms with Crippen LogP contribution >= 0.6 is 0 Å². The highest BCUT2D eigenvalue weighted by atomic mass is 14.3. The lowest BCUT2D eigenvalue weighted by atomic mass is 9.82. The minimum absolute atomic E-state index is 0.623. The molecule has 82 valence electrons. The summed E-state index contributed by atoms with van der Waals surface area (Å²) in [7, 11) is 0. The van der Waals surface area contributed by atoms with E-state index in [2.05, 4.69) is 13.0 Å². The van der Waals surface area contributed by atoms with Gasteiger partial charge in [0.25, 0.3) is 0 Å². The second-order valence-corrected chi connectivity index (χ2v) is 4.21. The van der Waals surface area contributed by atoms with Crippen LogP contribution in [0.3, 0.4) is 0 Å². The van der Waals surface area contributed by atoms with E-state index in [1.165, 1.54) is 38.5 Å². The maximum Gasteiger partial charge on any atom is 0.0624 e. The molecule has 0 amide bonds. The summed E-state index contributed by atoms with van der Waals surface area (Å²) in [4.78, 5) is 0. The molecule has 1 unspecified atom stereocenters. The van der Waals surface area contributed by atoms with E-state index in [0.29, 0.717) is 5.92 Å². The van der Waals surface area contributed by atoms with Crippen LogP contribution in [0.1, 0.15) is 65.7 Å². The number of nitriles is 1. The second kappa shape index (κ2) is 9.06. The van der Waals surface area contributed by atoms with Crippen molar-refractivity contribution in [2.75, 3.05) is 0 Å². The quantitative estimate of drug-likeness (QED) is 0.649. The topological polar surface area (TPSA) is 23.8 Å². The molecule has 1 aliphatic carbocycles. The molecule has 0 bridgehead atoms. The molecule has 0 heterocycles. The first-order valence-electron chi connectivity index (χ1n) is 6.20. The van der Waals surface area contributed by atoms with Crippen LogP contribution in [-0.4, -0.2) is 0 Å². The van der Waals surface area contributed by atoms with Crippen LogP contribution in [0, 0.1) is 23.2 Å². The summed E-state index contributed by atoms with van der Waals surface area (Å²) < 4.78 is 0. The summed E-state index contributed by atoms with van der Waals surface area (Å²) in [5.74, 6) is 1.56. The lowest BCUT2D eigenvalue weighted by Crippen LogP contribution is -2.10. The van der Waals surface area contributed by atoms with E-state index in [4.69, 9.17) is 5.26 Å². The average Bonchev–Trinajstić information content (AvgIpc) is 2.22. The van der Waals surface area contributed by atoms with Crippen molar-refractivity contribution in [3.8, 4) is 6.07 Å². The van der Waals surface area contributed by atoms with E-state index in [1.807, 2.05) is 13.8 Å². The highest BCUT2D eigenvalue weighted by Crippen LogP contribution is 2.29. The van der Waals surface area contributed by atoms with Crippen LogP contribution in [0.15, 0.2) is 0 Å². The first-order chi connectivity index (χ1) is 6.83. The van der Waals surface area contributed by atoms with Crippen molar-refractivity contribution in [2.24, 2.45) is 11.8 Å². The van der Waals surface area contributed by atoms with Crippen molar-refractivity contribution < 1.29 is 0 Å². The van der Waals surface area contributed by atoms with Gasteiger partial charge >= 0.3 is 0 Å². The normalized spacial score (nSPS) is 19.0. The van der Waals surface area contributed by atoms with E-state index in [0.717, 1.165) is 12.3 Å². The summed E-state index contributed by atoms with van der Waals surface area (Å²) in [6.45, 7) is 6.21. The number of rotatable bonds is 3. The van der Waals surface area contributed by atoms with Crippen LogP contribution < -0.4 is 0 Å². The fraction of sp³-hybridized carbons (Fsp3) is 0.923. The van der Waals surface area contributed by atoms with Crippen molar-refractivity contribution >= 4 is 0 Å². The first-order valence-corrected chi connectivity index (χ1v) is 6.20. The monoisotopic (exact) mass is 195 g/mol. The maximum absolute atomic E-state index is 8.52. The van der Waals surface area contributed by atoms with Crippen LogP contribution in [0.2, 0.25) is 0 Å². The smallest absolute Gasteiger partial charge is 0.0624 e. The lowest BCUT2D eigenvalue weighted by Gasteiger charge is -2.23. The van der Waals surface area contributed by atoms with Crippen LogP contribution in [0.4, 0.5) is 0 Å². The molecule has 1 atom stereocenters. The van der Waals surface area contributed by atoms with E-state index < -0.39 is 0 Å². The Bertz CT molecular complexity index is 151.